The van der Waals surface area contributed by atoms with Crippen molar-refractivity contribution in [3.63, 3.8) is 0 Å². The highest BCUT2D eigenvalue weighted by Gasteiger charge is 2.12. The molecule has 3 aromatic rings. The maximum absolute atomic E-state index is 12.0. The lowest BCUT2D eigenvalue weighted by Gasteiger charge is -2.21. The monoisotopic (exact) mass is 536 g/mol. The van der Waals surface area contributed by atoms with E-state index in [0.29, 0.717) is 25.4 Å². The van der Waals surface area contributed by atoms with Gasteiger partial charge in [-0.1, -0.05) is 18.2 Å². The third-order valence-electron chi connectivity index (χ3n) is 4.64. The molecule has 0 aliphatic rings. The Hall–Kier alpha value is -2.82. The molecule has 3 rings (SSSR count). The summed E-state index contributed by atoms with van der Waals surface area (Å²) in [7, 11) is 3.74. The SMILES string of the molecule is CN=C(NCCCNC(=O)c1occc1C)N(C)Cc1cnn(-c2ccccc2)c1.I. The molecule has 0 saturated heterocycles. The van der Waals surface area contributed by atoms with Crippen molar-refractivity contribution in [1.82, 2.24) is 25.3 Å². The second kappa shape index (κ2) is 12.1. The number of aryl methyl sites for hydroxylation is 1. The van der Waals surface area contributed by atoms with E-state index < -0.39 is 0 Å². The molecule has 0 aliphatic carbocycles. The van der Waals surface area contributed by atoms with Gasteiger partial charge in [0.1, 0.15) is 0 Å². The molecule has 1 aromatic carbocycles. The molecular formula is C22H29IN6O2. The molecule has 0 aliphatic heterocycles. The molecule has 8 nitrogen and oxygen atoms in total. The van der Waals surface area contributed by atoms with E-state index in [1.807, 2.05) is 66.3 Å². The van der Waals surface area contributed by atoms with Crippen molar-refractivity contribution in [2.75, 3.05) is 27.2 Å². The zero-order valence-corrected chi connectivity index (χ0v) is 20.4. The number of aromatic nitrogens is 2. The number of furan rings is 1. The Morgan fingerprint density at radius 2 is 1.94 bits per heavy atom. The zero-order chi connectivity index (χ0) is 21.3. The van der Waals surface area contributed by atoms with Crippen LogP contribution in [0.15, 0.2) is 64.5 Å². The third kappa shape index (κ3) is 6.84. The Kier molecular flexibility index (Phi) is 9.57. The number of para-hydroxylation sites is 1. The van der Waals surface area contributed by atoms with E-state index in [1.54, 1.807) is 13.1 Å². The number of nitrogens with zero attached hydrogens (tertiary/aromatic N) is 4. The van der Waals surface area contributed by atoms with Crippen molar-refractivity contribution < 1.29 is 9.21 Å². The minimum atomic E-state index is -0.186. The summed E-state index contributed by atoms with van der Waals surface area (Å²) in [6, 6.07) is 11.8. The number of carbonyl (C=O) groups excluding carboxylic acids is 1. The first-order valence-electron chi connectivity index (χ1n) is 9.91. The van der Waals surface area contributed by atoms with Crippen molar-refractivity contribution >= 4 is 35.8 Å². The van der Waals surface area contributed by atoms with Crippen molar-refractivity contribution in [2.45, 2.75) is 19.9 Å². The Morgan fingerprint density at radius 1 is 1.19 bits per heavy atom. The largest absolute Gasteiger partial charge is 0.459 e. The van der Waals surface area contributed by atoms with E-state index in [1.165, 1.54) is 6.26 Å². The number of nitrogens with one attached hydrogen (secondary N) is 2. The van der Waals surface area contributed by atoms with E-state index in [9.17, 15) is 4.79 Å². The van der Waals surface area contributed by atoms with Crippen LogP contribution in [-0.2, 0) is 6.54 Å². The van der Waals surface area contributed by atoms with Crippen LogP contribution >= 0.6 is 24.0 Å². The van der Waals surface area contributed by atoms with Gasteiger partial charge in [0.2, 0.25) is 0 Å². The summed E-state index contributed by atoms with van der Waals surface area (Å²) in [5.41, 5.74) is 2.95. The van der Waals surface area contributed by atoms with E-state index in [2.05, 4.69) is 20.7 Å². The molecule has 166 valence electrons. The van der Waals surface area contributed by atoms with Crippen LogP contribution in [0.25, 0.3) is 5.69 Å². The maximum atomic E-state index is 12.0. The smallest absolute Gasteiger partial charge is 0.287 e. The van der Waals surface area contributed by atoms with Crippen LogP contribution in [0.3, 0.4) is 0 Å². The first kappa shape index (κ1) is 24.4. The van der Waals surface area contributed by atoms with E-state index in [-0.39, 0.29) is 29.9 Å². The predicted octanol–water partition coefficient (Wildman–Crippen LogP) is 3.22. The molecule has 0 atom stereocenters. The summed E-state index contributed by atoms with van der Waals surface area (Å²) in [5.74, 6) is 0.972. The van der Waals surface area contributed by atoms with Crippen molar-refractivity contribution in [1.29, 1.82) is 0 Å². The second-order valence-electron chi connectivity index (χ2n) is 7.00. The first-order valence-corrected chi connectivity index (χ1v) is 9.91. The van der Waals surface area contributed by atoms with Gasteiger partial charge in [-0.2, -0.15) is 5.10 Å². The molecular weight excluding hydrogens is 507 g/mol. The van der Waals surface area contributed by atoms with Gasteiger partial charge in [-0.25, -0.2) is 4.68 Å². The summed E-state index contributed by atoms with van der Waals surface area (Å²) in [5, 5.41) is 10.6. The average molecular weight is 536 g/mol. The van der Waals surface area contributed by atoms with E-state index >= 15 is 0 Å². The topological polar surface area (TPSA) is 87.7 Å². The number of benzene rings is 1. The summed E-state index contributed by atoms with van der Waals surface area (Å²) < 4.78 is 7.06. The molecule has 0 fully saturated rings. The predicted molar refractivity (Wildman–Crippen MR) is 132 cm³/mol. The molecule has 31 heavy (non-hydrogen) atoms. The lowest BCUT2D eigenvalue weighted by molar-refractivity contribution is 0.0925. The fourth-order valence-corrected chi connectivity index (χ4v) is 3.07. The van der Waals surface area contributed by atoms with Gasteiger partial charge < -0.3 is 20.0 Å². The molecule has 2 aromatic heterocycles. The molecule has 9 heteroatoms. The van der Waals surface area contributed by atoms with Crippen LogP contribution in [0.2, 0.25) is 0 Å². The molecule has 0 radical (unpaired) electrons. The van der Waals surface area contributed by atoms with Gasteiger partial charge >= 0.3 is 0 Å². The molecule has 0 spiro atoms. The molecule has 2 N–H and O–H groups in total. The maximum Gasteiger partial charge on any atom is 0.287 e. The quantitative estimate of drug-likeness (QED) is 0.200. The molecule has 0 unspecified atom stereocenters. The van der Waals surface area contributed by atoms with Gasteiger partial charge in [0.25, 0.3) is 5.91 Å². The Morgan fingerprint density at radius 3 is 2.61 bits per heavy atom. The second-order valence-corrected chi connectivity index (χ2v) is 7.00. The van der Waals surface area contributed by atoms with Gasteiger partial charge in [0.05, 0.1) is 18.1 Å². The van der Waals surface area contributed by atoms with Gasteiger partial charge in [-0.05, 0) is 31.5 Å². The number of carbonyl (C=O) groups is 1. The van der Waals surface area contributed by atoms with Crippen molar-refractivity contribution in [3.8, 4) is 5.69 Å². The number of halogens is 1. The van der Waals surface area contributed by atoms with Crippen LogP contribution in [0.1, 0.15) is 28.1 Å². The molecule has 1 amide bonds. The highest BCUT2D eigenvalue weighted by atomic mass is 127. The normalized spacial score (nSPS) is 11.0. The van der Waals surface area contributed by atoms with Gasteiger partial charge in [-0.3, -0.25) is 9.79 Å². The zero-order valence-electron chi connectivity index (χ0n) is 18.0. The number of hydrogen-bond acceptors (Lipinski definition) is 4. The van der Waals surface area contributed by atoms with Crippen LogP contribution in [0.4, 0.5) is 0 Å². The fourth-order valence-electron chi connectivity index (χ4n) is 3.07. The summed E-state index contributed by atoms with van der Waals surface area (Å²) >= 11 is 0. The molecule has 2 heterocycles. The lowest BCUT2D eigenvalue weighted by Crippen LogP contribution is -2.39. The number of hydrogen-bond donors (Lipinski definition) is 2. The van der Waals surface area contributed by atoms with Crippen LogP contribution in [0, 0.1) is 6.92 Å². The lowest BCUT2D eigenvalue weighted by atomic mass is 10.2. The van der Waals surface area contributed by atoms with E-state index in [4.69, 9.17) is 4.42 Å². The summed E-state index contributed by atoms with van der Waals surface area (Å²) in [4.78, 5) is 18.4. The molecule has 0 bridgehead atoms. The molecule has 0 saturated carbocycles. The number of guanidine groups is 1. The highest BCUT2D eigenvalue weighted by Crippen LogP contribution is 2.09. The average Bonchev–Trinajstić information content (AvgIpc) is 3.40. The number of amides is 1. The summed E-state index contributed by atoms with van der Waals surface area (Å²) in [6.07, 6.45) is 6.17. The highest BCUT2D eigenvalue weighted by molar-refractivity contribution is 14.0. The minimum absolute atomic E-state index is 0. The number of aliphatic imine (C=N–C) groups is 1. The van der Waals surface area contributed by atoms with Crippen molar-refractivity contribution in [3.05, 3.63) is 71.9 Å². The fraction of sp³-hybridized carbons (Fsp3) is 0.318. The Bertz CT molecular complexity index is 983. The van der Waals surface area contributed by atoms with Gasteiger partial charge in [0, 0.05) is 51.1 Å². The minimum Gasteiger partial charge on any atom is -0.459 e. The Labute approximate surface area is 199 Å². The van der Waals surface area contributed by atoms with Crippen LogP contribution in [0.5, 0.6) is 0 Å². The standard InChI is InChI=1S/C22H28N6O2.HI/c1-17-10-13-30-20(17)21(29)24-11-7-12-25-22(23-2)27(3)15-18-14-26-28(16-18)19-8-5-4-6-9-19;/h4-6,8-10,13-14,16H,7,11-12,15H2,1-3H3,(H,23,25)(H,24,29);1H. The van der Waals surface area contributed by atoms with Gasteiger partial charge in [0.15, 0.2) is 11.7 Å². The van der Waals surface area contributed by atoms with E-state index in [0.717, 1.165) is 29.2 Å². The van der Waals surface area contributed by atoms with Crippen LogP contribution < -0.4 is 10.6 Å². The van der Waals surface area contributed by atoms with Crippen molar-refractivity contribution in [2.24, 2.45) is 4.99 Å². The van der Waals surface area contributed by atoms with Crippen LogP contribution in [-0.4, -0.2) is 53.7 Å². The third-order valence-corrected chi connectivity index (χ3v) is 4.64. The Balaban J connectivity index is 0.00000341. The first-order chi connectivity index (χ1) is 14.6. The van der Waals surface area contributed by atoms with Gasteiger partial charge in [-0.15, -0.1) is 24.0 Å². The summed E-state index contributed by atoms with van der Waals surface area (Å²) in [6.45, 7) is 3.78. The number of rotatable bonds is 8.